The normalized spacial score (nSPS) is 12.3. The van der Waals surface area contributed by atoms with Gasteiger partial charge < -0.3 is 8.84 Å². The molecule has 0 radical (unpaired) electrons. The third-order valence-electron chi connectivity index (χ3n) is 1.91. The predicted octanol–water partition coefficient (Wildman–Crippen LogP) is 1.97. The van der Waals surface area contributed by atoms with E-state index in [1.54, 1.807) is 0 Å². The van der Waals surface area contributed by atoms with Gasteiger partial charge in [0.1, 0.15) is 0 Å². The monoisotopic (exact) mass is 206 g/mol. The summed E-state index contributed by atoms with van der Waals surface area (Å²) >= 11 is 0. The summed E-state index contributed by atoms with van der Waals surface area (Å²) in [6.07, 6.45) is 2.69. The number of esters is 1. The van der Waals surface area contributed by atoms with Crippen LogP contribution in [0.1, 0.15) is 40.0 Å². The van der Waals surface area contributed by atoms with Crippen LogP contribution < -0.4 is 0 Å². The maximum atomic E-state index is 12.5. The SMILES string of the molecule is CC(=O)OCCCCC(C)(C)[SiH2]F. The van der Waals surface area contributed by atoms with E-state index in [0.717, 1.165) is 19.3 Å². The first-order chi connectivity index (χ1) is 5.98. The third kappa shape index (κ3) is 7.96. The largest absolute Gasteiger partial charge is 0.466 e. The fourth-order valence-electron chi connectivity index (χ4n) is 0.988. The van der Waals surface area contributed by atoms with E-state index in [0.29, 0.717) is 6.61 Å². The van der Waals surface area contributed by atoms with Crippen LogP contribution in [0.2, 0.25) is 5.04 Å². The molecule has 0 saturated heterocycles. The minimum atomic E-state index is -1.42. The van der Waals surface area contributed by atoms with Crippen molar-refractivity contribution in [1.82, 2.24) is 0 Å². The minimum Gasteiger partial charge on any atom is -0.466 e. The summed E-state index contributed by atoms with van der Waals surface area (Å²) < 4.78 is 17.2. The number of carbonyl (C=O) groups excluding carboxylic acids is 1. The van der Waals surface area contributed by atoms with Gasteiger partial charge in [-0.05, 0) is 24.3 Å². The number of rotatable bonds is 6. The Morgan fingerprint density at radius 2 is 2.08 bits per heavy atom. The van der Waals surface area contributed by atoms with Gasteiger partial charge in [0.2, 0.25) is 9.85 Å². The van der Waals surface area contributed by atoms with Gasteiger partial charge in [-0.2, -0.15) is 0 Å². The molecule has 0 aliphatic carbocycles. The molecule has 4 heteroatoms. The van der Waals surface area contributed by atoms with Crippen LogP contribution in [0.3, 0.4) is 0 Å². The van der Waals surface area contributed by atoms with Gasteiger partial charge in [-0.3, -0.25) is 4.79 Å². The van der Waals surface area contributed by atoms with Gasteiger partial charge in [-0.25, -0.2) is 0 Å². The molecule has 0 unspecified atom stereocenters. The molecule has 0 bridgehead atoms. The topological polar surface area (TPSA) is 26.3 Å². The highest BCUT2D eigenvalue weighted by atomic mass is 28.3. The molecule has 0 N–H and O–H groups in total. The number of unbranched alkanes of at least 4 members (excludes halogenated alkanes) is 1. The molecule has 0 aliphatic rings. The fraction of sp³-hybridized carbons (Fsp3) is 0.889. The summed E-state index contributed by atoms with van der Waals surface area (Å²) in [7, 11) is -1.42. The number of halogens is 1. The van der Waals surface area contributed by atoms with Gasteiger partial charge >= 0.3 is 5.97 Å². The van der Waals surface area contributed by atoms with Crippen LogP contribution in [0.15, 0.2) is 0 Å². The summed E-state index contributed by atoms with van der Waals surface area (Å²) in [5, 5.41) is -0.0871. The second-order valence-electron chi connectivity index (χ2n) is 4.09. The maximum Gasteiger partial charge on any atom is 0.302 e. The average molecular weight is 206 g/mol. The van der Waals surface area contributed by atoms with Crippen LogP contribution in [-0.4, -0.2) is 22.4 Å². The van der Waals surface area contributed by atoms with E-state index in [4.69, 9.17) is 4.74 Å². The number of hydrogen-bond donors (Lipinski definition) is 0. The van der Waals surface area contributed by atoms with Gasteiger partial charge in [-0.15, -0.1) is 0 Å². The van der Waals surface area contributed by atoms with Crippen LogP contribution in [0.5, 0.6) is 0 Å². The molecule has 0 heterocycles. The van der Waals surface area contributed by atoms with E-state index in [1.165, 1.54) is 6.92 Å². The average Bonchev–Trinajstić information content (AvgIpc) is 2.03. The Hall–Kier alpha value is -0.383. The lowest BCUT2D eigenvalue weighted by Crippen LogP contribution is -2.09. The molecule has 0 aliphatic heterocycles. The highest BCUT2D eigenvalue weighted by Gasteiger charge is 2.17. The van der Waals surface area contributed by atoms with Crippen molar-refractivity contribution in [3.05, 3.63) is 0 Å². The standard InChI is InChI=1S/C9H19FO2Si/c1-8(11)12-7-5-4-6-9(2,3)13-10/h4-7,13H2,1-3H3. The molecule has 0 fully saturated rings. The maximum absolute atomic E-state index is 12.5. The van der Waals surface area contributed by atoms with Crippen molar-refractivity contribution in [2.75, 3.05) is 6.61 Å². The molecule has 0 rings (SSSR count). The Bertz CT molecular complexity index is 160. The van der Waals surface area contributed by atoms with Crippen molar-refractivity contribution < 1.29 is 13.6 Å². The first-order valence-electron chi connectivity index (χ1n) is 4.67. The molecule has 2 nitrogen and oxygen atoms in total. The molecule has 0 spiro atoms. The molecule has 13 heavy (non-hydrogen) atoms. The van der Waals surface area contributed by atoms with Gasteiger partial charge in [0.25, 0.3) is 0 Å². The first-order valence-corrected chi connectivity index (χ1v) is 5.91. The van der Waals surface area contributed by atoms with E-state index in [2.05, 4.69) is 0 Å². The molecule has 0 saturated carbocycles. The molecule has 0 atom stereocenters. The highest BCUT2D eigenvalue weighted by molar-refractivity contribution is 6.30. The van der Waals surface area contributed by atoms with Crippen molar-refractivity contribution in [2.45, 2.75) is 45.1 Å². The number of carbonyl (C=O) groups is 1. The molecule has 0 aromatic carbocycles. The summed E-state index contributed by atoms with van der Waals surface area (Å²) in [5.74, 6) is -0.237. The zero-order chi connectivity index (χ0) is 10.3. The van der Waals surface area contributed by atoms with E-state index >= 15 is 0 Å². The molecule has 0 aromatic rings. The van der Waals surface area contributed by atoms with Crippen molar-refractivity contribution >= 4 is 15.8 Å². The first kappa shape index (κ1) is 12.6. The lowest BCUT2D eigenvalue weighted by atomic mass is 10.1. The van der Waals surface area contributed by atoms with E-state index in [1.807, 2.05) is 13.8 Å². The zero-order valence-electron chi connectivity index (χ0n) is 8.73. The Kier molecular flexibility index (Phi) is 5.95. The van der Waals surface area contributed by atoms with Crippen LogP contribution in [0, 0.1) is 0 Å². The number of hydrogen-bond acceptors (Lipinski definition) is 2. The zero-order valence-corrected chi connectivity index (χ0v) is 10.1. The number of ether oxygens (including phenoxy) is 1. The quantitative estimate of drug-likeness (QED) is 0.287. The fourth-order valence-corrected chi connectivity index (χ4v) is 1.37. The summed E-state index contributed by atoms with van der Waals surface area (Å²) in [6.45, 7) is 5.80. The van der Waals surface area contributed by atoms with Crippen LogP contribution in [-0.2, 0) is 9.53 Å². The third-order valence-corrected chi connectivity index (χ3v) is 2.99. The van der Waals surface area contributed by atoms with Crippen molar-refractivity contribution in [1.29, 1.82) is 0 Å². The van der Waals surface area contributed by atoms with Crippen LogP contribution >= 0.6 is 0 Å². The summed E-state index contributed by atoms with van der Waals surface area (Å²) in [4.78, 5) is 10.4. The summed E-state index contributed by atoms with van der Waals surface area (Å²) in [6, 6.07) is 0. The van der Waals surface area contributed by atoms with Crippen LogP contribution in [0.25, 0.3) is 0 Å². The Balaban J connectivity index is 3.30. The van der Waals surface area contributed by atoms with Gasteiger partial charge in [0.05, 0.1) is 6.61 Å². The molecule has 78 valence electrons. The minimum absolute atomic E-state index is 0.0871. The molecular weight excluding hydrogens is 187 g/mol. The van der Waals surface area contributed by atoms with Crippen molar-refractivity contribution in [3.63, 3.8) is 0 Å². The van der Waals surface area contributed by atoms with Gasteiger partial charge in [-0.1, -0.05) is 13.8 Å². The lowest BCUT2D eigenvalue weighted by Gasteiger charge is -2.18. The van der Waals surface area contributed by atoms with Gasteiger partial charge in [0, 0.05) is 6.92 Å². The second kappa shape index (κ2) is 6.13. The van der Waals surface area contributed by atoms with E-state index in [-0.39, 0.29) is 11.0 Å². The molecular formula is C9H19FO2Si. The van der Waals surface area contributed by atoms with E-state index in [9.17, 15) is 8.90 Å². The summed E-state index contributed by atoms with van der Waals surface area (Å²) in [5.41, 5.74) is 0. The lowest BCUT2D eigenvalue weighted by molar-refractivity contribution is -0.141. The Morgan fingerprint density at radius 1 is 1.46 bits per heavy atom. The molecule has 0 aromatic heterocycles. The second-order valence-corrected chi connectivity index (χ2v) is 6.28. The van der Waals surface area contributed by atoms with Crippen molar-refractivity contribution in [2.24, 2.45) is 0 Å². The Labute approximate surface area is 81.8 Å². The van der Waals surface area contributed by atoms with Crippen molar-refractivity contribution in [3.8, 4) is 0 Å². The van der Waals surface area contributed by atoms with Crippen LogP contribution in [0.4, 0.5) is 4.11 Å². The predicted molar refractivity (Wildman–Crippen MR) is 54.2 cm³/mol. The smallest absolute Gasteiger partial charge is 0.302 e. The van der Waals surface area contributed by atoms with E-state index < -0.39 is 9.85 Å². The van der Waals surface area contributed by atoms with Gasteiger partial charge in [0.15, 0.2) is 0 Å². The Morgan fingerprint density at radius 3 is 2.54 bits per heavy atom. The highest BCUT2D eigenvalue weighted by Crippen LogP contribution is 2.29. The molecule has 0 amide bonds.